The van der Waals surface area contributed by atoms with Crippen LogP contribution in [-0.4, -0.2) is 30.3 Å². The SMILES string of the molecule is O=C(COC(=O)[C@@H](Cc1ccccc1)NC(=O)c1ccco1)c1ccc(Br)cc1. The first-order chi connectivity index (χ1) is 14.0. The number of ether oxygens (including phenoxy) is 1. The lowest BCUT2D eigenvalue weighted by Crippen LogP contribution is -2.43. The molecule has 7 heteroatoms. The first-order valence-electron chi connectivity index (χ1n) is 8.86. The van der Waals surface area contributed by atoms with Crippen LogP contribution in [0.25, 0.3) is 0 Å². The van der Waals surface area contributed by atoms with Gasteiger partial charge in [0.2, 0.25) is 0 Å². The van der Waals surface area contributed by atoms with Gasteiger partial charge in [0.05, 0.1) is 6.26 Å². The molecule has 0 unspecified atom stereocenters. The van der Waals surface area contributed by atoms with Crippen molar-refractivity contribution in [1.29, 1.82) is 0 Å². The van der Waals surface area contributed by atoms with E-state index in [-0.39, 0.29) is 18.0 Å². The van der Waals surface area contributed by atoms with Crippen molar-refractivity contribution in [2.75, 3.05) is 6.61 Å². The second kappa shape index (κ2) is 9.84. The van der Waals surface area contributed by atoms with Gasteiger partial charge in [-0.25, -0.2) is 4.79 Å². The molecule has 0 spiro atoms. The van der Waals surface area contributed by atoms with E-state index in [1.807, 2.05) is 30.3 Å². The molecule has 1 atom stereocenters. The third kappa shape index (κ3) is 5.89. The number of hydrogen-bond acceptors (Lipinski definition) is 5. The number of amides is 1. The Hall–Kier alpha value is -3.19. The van der Waals surface area contributed by atoms with Crippen molar-refractivity contribution >= 4 is 33.6 Å². The number of benzene rings is 2. The third-order valence-electron chi connectivity index (χ3n) is 4.13. The number of halogens is 1. The molecule has 0 saturated heterocycles. The first-order valence-corrected chi connectivity index (χ1v) is 9.66. The summed E-state index contributed by atoms with van der Waals surface area (Å²) in [5, 5.41) is 2.61. The van der Waals surface area contributed by atoms with E-state index in [1.165, 1.54) is 12.3 Å². The summed E-state index contributed by atoms with van der Waals surface area (Å²) in [6, 6.07) is 18.1. The number of nitrogens with one attached hydrogen (secondary N) is 1. The van der Waals surface area contributed by atoms with Gasteiger partial charge in [-0.15, -0.1) is 0 Å². The maximum absolute atomic E-state index is 12.6. The number of Topliss-reactive ketones (excluding diaryl/α,β-unsaturated/α-hetero) is 1. The van der Waals surface area contributed by atoms with Crippen LogP contribution in [0.2, 0.25) is 0 Å². The summed E-state index contributed by atoms with van der Waals surface area (Å²) >= 11 is 3.30. The fraction of sp³-hybridized carbons (Fsp3) is 0.136. The second-order valence-corrected chi connectivity index (χ2v) is 7.15. The van der Waals surface area contributed by atoms with Crippen molar-refractivity contribution in [2.45, 2.75) is 12.5 Å². The Morgan fingerprint density at radius 2 is 1.69 bits per heavy atom. The van der Waals surface area contributed by atoms with Crippen LogP contribution >= 0.6 is 15.9 Å². The van der Waals surface area contributed by atoms with Gasteiger partial charge in [-0.05, 0) is 29.8 Å². The van der Waals surface area contributed by atoms with E-state index in [2.05, 4.69) is 21.2 Å². The van der Waals surface area contributed by atoms with Crippen molar-refractivity contribution in [1.82, 2.24) is 5.32 Å². The third-order valence-corrected chi connectivity index (χ3v) is 4.66. The molecule has 29 heavy (non-hydrogen) atoms. The first kappa shape index (κ1) is 20.5. The molecule has 148 valence electrons. The Morgan fingerprint density at radius 3 is 2.34 bits per heavy atom. The molecule has 1 N–H and O–H groups in total. The van der Waals surface area contributed by atoms with E-state index < -0.39 is 24.5 Å². The van der Waals surface area contributed by atoms with Crippen LogP contribution in [0.5, 0.6) is 0 Å². The average Bonchev–Trinajstić information content (AvgIpc) is 3.27. The summed E-state index contributed by atoms with van der Waals surface area (Å²) in [5.74, 6) is -1.48. The van der Waals surface area contributed by atoms with E-state index in [4.69, 9.17) is 9.15 Å². The maximum Gasteiger partial charge on any atom is 0.329 e. The lowest BCUT2D eigenvalue weighted by Gasteiger charge is -2.17. The molecule has 0 fully saturated rings. The molecular weight excluding hydrogens is 438 g/mol. The zero-order valence-electron chi connectivity index (χ0n) is 15.3. The van der Waals surface area contributed by atoms with Crippen molar-refractivity contribution in [3.63, 3.8) is 0 Å². The summed E-state index contributed by atoms with van der Waals surface area (Å²) in [6.45, 7) is -0.414. The van der Waals surface area contributed by atoms with E-state index in [9.17, 15) is 14.4 Å². The van der Waals surface area contributed by atoms with Crippen LogP contribution in [0.15, 0.2) is 81.9 Å². The number of rotatable bonds is 8. The maximum atomic E-state index is 12.6. The van der Waals surface area contributed by atoms with E-state index in [0.29, 0.717) is 5.56 Å². The second-order valence-electron chi connectivity index (χ2n) is 6.23. The summed E-state index contributed by atoms with van der Waals surface area (Å²) < 4.78 is 11.1. The van der Waals surface area contributed by atoms with Gasteiger partial charge in [0.1, 0.15) is 6.04 Å². The van der Waals surface area contributed by atoms with Crippen LogP contribution in [0.1, 0.15) is 26.5 Å². The number of carbonyl (C=O) groups excluding carboxylic acids is 3. The fourth-order valence-corrected chi connectivity index (χ4v) is 2.90. The van der Waals surface area contributed by atoms with Gasteiger partial charge in [-0.1, -0.05) is 58.4 Å². The largest absolute Gasteiger partial charge is 0.459 e. The Balaban J connectivity index is 1.66. The molecule has 1 aromatic heterocycles. The predicted molar refractivity (Wildman–Crippen MR) is 110 cm³/mol. The van der Waals surface area contributed by atoms with Crippen molar-refractivity contribution in [3.8, 4) is 0 Å². The van der Waals surface area contributed by atoms with E-state index in [0.717, 1.165) is 10.0 Å². The smallest absolute Gasteiger partial charge is 0.329 e. The number of carbonyl (C=O) groups is 3. The van der Waals surface area contributed by atoms with Gasteiger partial charge in [-0.2, -0.15) is 0 Å². The zero-order chi connectivity index (χ0) is 20.6. The normalized spacial score (nSPS) is 11.5. The van der Waals surface area contributed by atoms with Gasteiger partial charge in [0.15, 0.2) is 18.2 Å². The monoisotopic (exact) mass is 455 g/mol. The number of furan rings is 1. The molecule has 3 aromatic rings. The van der Waals surface area contributed by atoms with Crippen LogP contribution in [0.4, 0.5) is 0 Å². The van der Waals surface area contributed by atoms with Gasteiger partial charge < -0.3 is 14.5 Å². The predicted octanol–water partition coefficient (Wildman–Crippen LogP) is 3.81. The molecule has 0 aliphatic heterocycles. The highest BCUT2D eigenvalue weighted by Crippen LogP contribution is 2.12. The molecule has 6 nitrogen and oxygen atoms in total. The van der Waals surface area contributed by atoms with E-state index >= 15 is 0 Å². The summed E-state index contributed by atoms with van der Waals surface area (Å²) in [6.07, 6.45) is 1.59. The average molecular weight is 456 g/mol. The molecule has 0 aliphatic rings. The molecule has 1 amide bonds. The lowest BCUT2D eigenvalue weighted by molar-refractivity contribution is -0.144. The van der Waals surface area contributed by atoms with Gasteiger partial charge in [0, 0.05) is 16.5 Å². The van der Waals surface area contributed by atoms with Crippen molar-refractivity contribution in [2.24, 2.45) is 0 Å². The molecule has 0 radical (unpaired) electrons. The van der Waals surface area contributed by atoms with Gasteiger partial charge in [-0.3, -0.25) is 9.59 Å². The number of ketones is 1. The minimum absolute atomic E-state index is 0.0850. The topological polar surface area (TPSA) is 85.6 Å². The highest BCUT2D eigenvalue weighted by atomic mass is 79.9. The summed E-state index contributed by atoms with van der Waals surface area (Å²) in [7, 11) is 0. The Morgan fingerprint density at radius 1 is 0.966 bits per heavy atom. The molecule has 0 aliphatic carbocycles. The highest BCUT2D eigenvalue weighted by Gasteiger charge is 2.25. The van der Waals surface area contributed by atoms with Crippen LogP contribution in [0.3, 0.4) is 0 Å². The van der Waals surface area contributed by atoms with Crippen LogP contribution < -0.4 is 5.32 Å². The lowest BCUT2D eigenvalue weighted by atomic mass is 10.1. The fourth-order valence-electron chi connectivity index (χ4n) is 2.64. The Kier molecular flexibility index (Phi) is 6.97. The standard InChI is InChI=1S/C22H18BrNO5/c23-17-10-8-16(9-11-17)19(25)14-29-22(27)18(13-15-5-2-1-3-6-15)24-21(26)20-7-4-12-28-20/h1-12,18H,13-14H2,(H,24,26)/t18-/m1/s1. The highest BCUT2D eigenvalue weighted by molar-refractivity contribution is 9.10. The van der Waals surface area contributed by atoms with Crippen molar-refractivity contribution < 1.29 is 23.5 Å². The molecule has 1 heterocycles. The molecule has 3 rings (SSSR count). The summed E-state index contributed by atoms with van der Waals surface area (Å²) in [5.41, 5.74) is 1.27. The Bertz CT molecular complexity index is 968. The number of hydrogen-bond donors (Lipinski definition) is 1. The minimum atomic E-state index is -0.965. The minimum Gasteiger partial charge on any atom is -0.459 e. The molecular formula is C22H18BrNO5. The van der Waals surface area contributed by atoms with Crippen LogP contribution in [-0.2, 0) is 16.0 Å². The number of esters is 1. The van der Waals surface area contributed by atoms with Crippen LogP contribution in [0, 0.1) is 0 Å². The van der Waals surface area contributed by atoms with Crippen molar-refractivity contribution in [3.05, 3.63) is 94.4 Å². The molecule has 0 bridgehead atoms. The Labute approximate surface area is 176 Å². The quantitative estimate of drug-likeness (QED) is 0.412. The molecule has 2 aromatic carbocycles. The van der Waals surface area contributed by atoms with Gasteiger partial charge >= 0.3 is 5.97 Å². The van der Waals surface area contributed by atoms with Gasteiger partial charge in [0.25, 0.3) is 5.91 Å². The molecule has 0 saturated carbocycles. The summed E-state index contributed by atoms with van der Waals surface area (Å²) in [4.78, 5) is 37.2. The zero-order valence-corrected chi connectivity index (χ0v) is 16.9. The van der Waals surface area contributed by atoms with E-state index in [1.54, 1.807) is 30.3 Å².